The molecule has 22 heavy (non-hydrogen) atoms. The molecular weight excluding hydrogens is 318 g/mol. The zero-order valence-corrected chi connectivity index (χ0v) is 13.8. The van der Waals surface area contributed by atoms with E-state index in [0.29, 0.717) is 5.01 Å². The van der Waals surface area contributed by atoms with E-state index in [0.717, 1.165) is 15.8 Å². The molecule has 0 aliphatic rings. The van der Waals surface area contributed by atoms with Crippen molar-refractivity contribution in [3.63, 3.8) is 0 Å². The molecule has 3 rings (SSSR count). The van der Waals surface area contributed by atoms with E-state index in [1.54, 1.807) is 31.2 Å². The highest BCUT2D eigenvalue weighted by molar-refractivity contribution is 7.86. The Bertz CT molecular complexity index is 866. The van der Waals surface area contributed by atoms with Gasteiger partial charge in [-0.2, -0.15) is 8.42 Å². The van der Waals surface area contributed by atoms with Crippen LogP contribution in [0.2, 0.25) is 0 Å². The molecule has 0 N–H and O–H groups in total. The van der Waals surface area contributed by atoms with Crippen molar-refractivity contribution < 1.29 is 12.6 Å². The molecule has 1 aromatic heterocycles. The number of aromatic nitrogens is 1. The highest BCUT2D eigenvalue weighted by atomic mass is 32.2. The van der Waals surface area contributed by atoms with Crippen LogP contribution < -0.4 is 0 Å². The van der Waals surface area contributed by atoms with Crippen molar-refractivity contribution in [1.82, 2.24) is 4.98 Å². The van der Waals surface area contributed by atoms with Crippen LogP contribution in [0.5, 0.6) is 0 Å². The van der Waals surface area contributed by atoms with E-state index in [1.807, 2.05) is 31.2 Å². The first-order valence-electron chi connectivity index (χ1n) is 6.81. The molecule has 3 aromatic rings. The third kappa shape index (κ3) is 3.04. The fourth-order valence-corrected chi connectivity index (χ4v) is 4.12. The van der Waals surface area contributed by atoms with Gasteiger partial charge in [0.2, 0.25) is 0 Å². The number of para-hydroxylation sites is 1. The number of hydrogen-bond acceptors (Lipinski definition) is 5. The molecular formula is C16H15NO3S2. The Morgan fingerprint density at radius 1 is 1.09 bits per heavy atom. The van der Waals surface area contributed by atoms with Gasteiger partial charge in [0.25, 0.3) is 10.1 Å². The normalized spacial score (nSPS) is 13.4. The Hall–Kier alpha value is -1.76. The molecule has 0 spiro atoms. The number of hydrogen-bond donors (Lipinski definition) is 0. The molecule has 0 amide bonds. The van der Waals surface area contributed by atoms with Crippen LogP contribution in [0.3, 0.4) is 0 Å². The predicted molar refractivity (Wildman–Crippen MR) is 87.5 cm³/mol. The quantitative estimate of drug-likeness (QED) is 0.675. The largest absolute Gasteiger partial charge is 0.297 e. The SMILES string of the molecule is Cc1ccc(S(=O)(=O)O[C@@H](C)c2nc3ccccc3s2)cc1. The van der Waals surface area contributed by atoms with E-state index in [2.05, 4.69) is 4.98 Å². The summed E-state index contributed by atoms with van der Waals surface area (Å²) in [6.45, 7) is 3.60. The van der Waals surface area contributed by atoms with Gasteiger partial charge in [0.15, 0.2) is 0 Å². The Kier molecular flexibility index (Phi) is 3.99. The standard InChI is InChI=1S/C16H15NO3S2/c1-11-7-9-13(10-8-11)22(18,19)20-12(2)16-17-14-5-3-4-6-15(14)21-16/h3-10,12H,1-2H3/t12-/m0/s1. The summed E-state index contributed by atoms with van der Waals surface area (Å²) < 4.78 is 30.9. The van der Waals surface area contributed by atoms with Crippen molar-refractivity contribution in [2.45, 2.75) is 24.8 Å². The summed E-state index contributed by atoms with van der Waals surface area (Å²) in [5, 5.41) is 0.650. The van der Waals surface area contributed by atoms with Gasteiger partial charge < -0.3 is 0 Å². The molecule has 0 saturated heterocycles. The summed E-state index contributed by atoms with van der Waals surface area (Å²) in [5.74, 6) is 0. The fourth-order valence-electron chi connectivity index (χ4n) is 2.06. The third-order valence-electron chi connectivity index (χ3n) is 3.24. The van der Waals surface area contributed by atoms with Crippen molar-refractivity contribution in [3.05, 3.63) is 59.1 Å². The summed E-state index contributed by atoms with van der Waals surface area (Å²) in [6, 6.07) is 14.3. The zero-order chi connectivity index (χ0) is 15.7. The summed E-state index contributed by atoms with van der Waals surface area (Å²) in [5.41, 5.74) is 1.85. The topological polar surface area (TPSA) is 56.3 Å². The van der Waals surface area contributed by atoms with Crippen LogP contribution in [0.1, 0.15) is 23.6 Å². The average molecular weight is 333 g/mol. The first-order valence-corrected chi connectivity index (χ1v) is 9.03. The Morgan fingerprint density at radius 3 is 2.45 bits per heavy atom. The predicted octanol–water partition coefficient (Wildman–Crippen LogP) is 4.07. The lowest BCUT2D eigenvalue weighted by Gasteiger charge is -2.10. The fraction of sp³-hybridized carbons (Fsp3) is 0.188. The van der Waals surface area contributed by atoms with Gasteiger partial charge in [0.05, 0.1) is 15.1 Å². The number of fused-ring (bicyclic) bond motifs is 1. The van der Waals surface area contributed by atoms with E-state index in [-0.39, 0.29) is 4.90 Å². The van der Waals surface area contributed by atoms with E-state index in [4.69, 9.17) is 4.18 Å². The highest BCUT2D eigenvalue weighted by Gasteiger charge is 2.22. The number of benzene rings is 2. The van der Waals surface area contributed by atoms with Crippen LogP contribution >= 0.6 is 11.3 Å². The molecule has 6 heteroatoms. The minimum atomic E-state index is -3.80. The van der Waals surface area contributed by atoms with Crippen molar-refractivity contribution in [2.75, 3.05) is 0 Å². The number of rotatable bonds is 4. The maximum absolute atomic E-state index is 12.3. The molecule has 1 atom stereocenters. The molecule has 0 radical (unpaired) electrons. The minimum absolute atomic E-state index is 0.158. The molecule has 0 fully saturated rings. The lowest BCUT2D eigenvalue weighted by molar-refractivity contribution is 0.234. The minimum Gasteiger partial charge on any atom is -0.256 e. The molecule has 0 bridgehead atoms. The molecule has 0 saturated carbocycles. The number of thiazole rings is 1. The van der Waals surface area contributed by atoms with Crippen LogP contribution in [0, 0.1) is 6.92 Å². The number of nitrogens with zero attached hydrogens (tertiary/aromatic N) is 1. The summed E-state index contributed by atoms with van der Waals surface area (Å²) in [6.07, 6.45) is -0.622. The van der Waals surface area contributed by atoms with Gasteiger partial charge in [0.1, 0.15) is 11.1 Å². The van der Waals surface area contributed by atoms with Crippen molar-refractivity contribution >= 4 is 31.7 Å². The van der Waals surface area contributed by atoms with Crippen LogP contribution in [0.25, 0.3) is 10.2 Å². The summed E-state index contributed by atoms with van der Waals surface area (Å²) in [7, 11) is -3.80. The van der Waals surface area contributed by atoms with Crippen molar-refractivity contribution in [1.29, 1.82) is 0 Å². The van der Waals surface area contributed by atoms with Crippen LogP contribution in [0.4, 0.5) is 0 Å². The Labute approximate surface area is 133 Å². The first-order chi connectivity index (χ1) is 10.5. The van der Waals surface area contributed by atoms with Gasteiger partial charge in [-0.25, -0.2) is 4.98 Å². The zero-order valence-electron chi connectivity index (χ0n) is 12.2. The summed E-state index contributed by atoms with van der Waals surface area (Å²) >= 11 is 1.44. The first kappa shape index (κ1) is 15.1. The second kappa shape index (κ2) is 5.79. The maximum atomic E-state index is 12.3. The Balaban J connectivity index is 1.86. The Morgan fingerprint density at radius 2 is 1.77 bits per heavy atom. The van der Waals surface area contributed by atoms with E-state index >= 15 is 0 Å². The molecule has 4 nitrogen and oxygen atoms in total. The molecule has 0 aliphatic carbocycles. The van der Waals surface area contributed by atoms with Crippen molar-refractivity contribution in [3.8, 4) is 0 Å². The summed E-state index contributed by atoms with van der Waals surface area (Å²) in [4.78, 5) is 4.59. The molecule has 2 aromatic carbocycles. The van der Waals surface area contributed by atoms with Gasteiger partial charge in [-0.1, -0.05) is 29.8 Å². The van der Waals surface area contributed by atoms with Crippen molar-refractivity contribution in [2.24, 2.45) is 0 Å². The second-order valence-electron chi connectivity index (χ2n) is 5.03. The lowest BCUT2D eigenvalue weighted by Crippen LogP contribution is -2.10. The number of aryl methyl sites for hydroxylation is 1. The van der Waals surface area contributed by atoms with Crippen LogP contribution in [-0.4, -0.2) is 13.4 Å². The van der Waals surface area contributed by atoms with Gasteiger partial charge in [0, 0.05) is 0 Å². The molecule has 0 aliphatic heterocycles. The van der Waals surface area contributed by atoms with E-state index < -0.39 is 16.2 Å². The van der Waals surface area contributed by atoms with Gasteiger partial charge in [-0.3, -0.25) is 4.18 Å². The average Bonchev–Trinajstić information content (AvgIpc) is 2.91. The van der Waals surface area contributed by atoms with Crippen LogP contribution in [-0.2, 0) is 14.3 Å². The van der Waals surface area contributed by atoms with Crippen LogP contribution in [0.15, 0.2) is 53.4 Å². The third-order valence-corrected chi connectivity index (χ3v) is 5.83. The maximum Gasteiger partial charge on any atom is 0.297 e. The van der Waals surface area contributed by atoms with Gasteiger partial charge >= 0.3 is 0 Å². The smallest absolute Gasteiger partial charge is 0.256 e. The van der Waals surface area contributed by atoms with Gasteiger partial charge in [-0.15, -0.1) is 11.3 Å². The monoisotopic (exact) mass is 333 g/mol. The molecule has 0 unspecified atom stereocenters. The lowest BCUT2D eigenvalue weighted by atomic mass is 10.2. The van der Waals surface area contributed by atoms with Gasteiger partial charge in [-0.05, 0) is 38.1 Å². The highest BCUT2D eigenvalue weighted by Crippen LogP contribution is 2.30. The second-order valence-corrected chi connectivity index (χ2v) is 7.66. The van der Waals surface area contributed by atoms with E-state index in [9.17, 15) is 8.42 Å². The molecule has 114 valence electrons. The van der Waals surface area contributed by atoms with E-state index in [1.165, 1.54) is 11.3 Å². The molecule has 1 heterocycles.